The van der Waals surface area contributed by atoms with E-state index in [9.17, 15) is 5.26 Å². The van der Waals surface area contributed by atoms with E-state index in [1.54, 1.807) is 4.68 Å². The summed E-state index contributed by atoms with van der Waals surface area (Å²) in [7, 11) is 0. The van der Waals surface area contributed by atoms with E-state index in [1.165, 1.54) is 0 Å². The van der Waals surface area contributed by atoms with Crippen molar-refractivity contribution in [2.75, 3.05) is 5.73 Å². The van der Waals surface area contributed by atoms with Crippen LogP contribution in [0.25, 0.3) is 11.3 Å². The molecule has 0 amide bonds. The molecule has 1 aromatic heterocycles. The summed E-state index contributed by atoms with van der Waals surface area (Å²) < 4.78 is 1.66. The SMILES string of the molecule is Cc1ccc(-c2nn(C(C)(C)C)c(N)c2C#N)c(Cl)c1. The zero-order chi connectivity index (χ0) is 15.1. The molecular weight excluding hydrogens is 272 g/mol. The lowest BCUT2D eigenvalue weighted by molar-refractivity contribution is 0.362. The van der Waals surface area contributed by atoms with Gasteiger partial charge < -0.3 is 5.73 Å². The molecule has 0 aliphatic carbocycles. The fourth-order valence-electron chi connectivity index (χ4n) is 2.05. The Balaban J connectivity index is 2.72. The largest absolute Gasteiger partial charge is 0.383 e. The Kier molecular flexibility index (Phi) is 3.49. The van der Waals surface area contributed by atoms with E-state index >= 15 is 0 Å². The van der Waals surface area contributed by atoms with E-state index in [0.717, 1.165) is 11.1 Å². The van der Waals surface area contributed by atoms with E-state index in [2.05, 4.69) is 11.2 Å². The lowest BCUT2D eigenvalue weighted by atomic mass is 10.1. The molecule has 0 radical (unpaired) electrons. The van der Waals surface area contributed by atoms with Crippen molar-refractivity contribution >= 4 is 17.4 Å². The number of halogens is 1. The minimum atomic E-state index is -0.300. The number of benzene rings is 1. The lowest BCUT2D eigenvalue weighted by Crippen LogP contribution is -2.24. The van der Waals surface area contributed by atoms with Crippen molar-refractivity contribution < 1.29 is 0 Å². The zero-order valence-electron chi connectivity index (χ0n) is 12.0. The van der Waals surface area contributed by atoms with Gasteiger partial charge in [-0.15, -0.1) is 0 Å². The number of nitrogen functional groups attached to an aromatic ring is 1. The fraction of sp³-hybridized carbons (Fsp3) is 0.333. The fourth-order valence-corrected chi connectivity index (χ4v) is 2.38. The van der Waals surface area contributed by atoms with Gasteiger partial charge in [-0.05, 0) is 39.3 Å². The van der Waals surface area contributed by atoms with Gasteiger partial charge in [-0.2, -0.15) is 10.4 Å². The minimum absolute atomic E-state index is 0.300. The molecule has 0 aliphatic rings. The van der Waals surface area contributed by atoms with E-state index in [1.807, 2.05) is 45.9 Å². The van der Waals surface area contributed by atoms with Crippen LogP contribution in [0.5, 0.6) is 0 Å². The number of anilines is 1. The van der Waals surface area contributed by atoms with Crippen LogP contribution in [0.2, 0.25) is 5.02 Å². The Bertz CT molecular complexity index is 702. The molecule has 0 bridgehead atoms. The second-order valence-corrected chi connectivity index (χ2v) is 6.19. The first kappa shape index (κ1) is 14.4. The predicted molar refractivity (Wildman–Crippen MR) is 81.5 cm³/mol. The Hall–Kier alpha value is -1.99. The third-order valence-electron chi connectivity index (χ3n) is 3.05. The molecule has 2 aromatic rings. The Morgan fingerprint density at radius 2 is 2.00 bits per heavy atom. The van der Waals surface area contributed by atoms with Crippen molar-refractivity contribution in [2.45, 2.75) is 33.2 Å². The van der Waals surface area contributed by atoms with E-state index in [4.69, 9.17) is 17.3 Å². The van der Waals surface area contributed by atoms with E-state index in [-0.39, 0.29) is 5.54 Å². The summed E-state index contributed by atoms with van der Waals surface area (Å²) in [5.41, 5.74) is 8.43. The summed E-state index contributed by atoms with van der Waals surface area (Å²) in [4.78, 5) is 0. The van der Waals surface area contributed by atoms with Crippen LogP contribution in [-0.4, -0.2) is 9.78 Å². The standard InChI is InChI=1S/C15H17ClN4/c1-9-5-6-10(12(16)7-9)13-11(8-17)14(18)20(19-13)15(2,3)4/h5-7H,18H2,1-4H3. The van der Waals surface area contributed by atoms with Crippen LogP contribution >= 0.6 is 11.6 Å². The second-order valence-electron chi connectivity index (χ2n) is 5.79. The number of hydrogen-bond donors (Lipinski definition) is 1. The van der Waals surface area contributed by atoms with Gasteiger partial charge in [-0.1, -0.05) is 23.7 Å². The molecule has 0 aliphatic heterocycles. The molecule has 2 N–H and O–H groups in total. The average Bonchev–Trinajstić information content (AvgIpc) is 2.65. The number of hydrogen-bond acceptors (Lipinski definition) is 3. The smallest absolute Gasteiger partial charge is 0.141 e. The first-order valence-corrected chi connectivity index (χ1v) is 6.69. The summed E-state index contributed by atoms with van der Waals surface area (Å²) in [6, 6.07) is 7.79. The molecule has 0 fully saturated rings. The third kappa shape index (κ3) is 2.37. The van der Waals surface area contributed by atoms with Crippen molar-refractivity contribution in [1.29, 1.82) is 5.26 Å². The maximum atomic E-state index is 9.36. The van der Waals surface area contributed by atoms with Gasteiger partial charge in [0.05, 0.1) is 10.6 Å². The molecule has 0 unspecified atom stereocenters. The highest BCUT2D eigenvalue weighted by Crippen LogP contribution is 2.34. The Morgan fingerprint density at radius 1 is 1.35 bits per heavy atom. The molecule has 2 rings (SSSR count). The van der Waals surface area contributed by atoms with Crippen molar-refractivity contribution in [3.8, 4) is 17.3 Å². The van der Waals surface area contributed by atoms with Crippen LogP contribution in [0.15, 0.2) is 18.2 Å². The van der Waals surface area contributed by atoms with Crippen molar-refractivity contribution in [3.05, 3.63) is 34.3 Å². The number of nitrogens with two attached hydrogens (primary N) is 1. The van der Waals surface area contributed by atoms with Crippen LogP contribution in [0.1, 0.15) is 31.9 Å². The maximum absolute atomic E-state index is 9.36. The average molecular weight is 289 g/mol. The lowest BCUT2D eigenvalue weighted by Gasteiger charge is -2.20. The summed E-state index contributed by atoms with van der Waals surface area (Å²) in [5.74, 6) is 0.367. The molecule has 1 heterocycles. The number of aryl methyl sites for hydroxylation is 1. The van der Waals surface area contributed by atoms with Gasteiger partial charge in [0.2, 0.25) is 0 Å². The van der Waals surface area contributed by atoms with Gasteiger partial charge in [-0.3, -0.25) is 0 Å². The number of aromatic nitrogens is 2. The third-order valence-corrected chi connectivity index (χ3v) is 3.36. The molecule has 1 aromatic carbocycles. The predicted octanol–water partition coefficient (Wildman–Crippen LogP) is 3.72. The topological polar surface area (TPSA) is 67.6 Å². The van der Waals surface area contributed by atoms with Gasteiger partial charge in [0.25, 0.3) is 0 Å². The van der Waals surface area contributed by atoms with Crippen LogP contribution in [-0.2, 0) is 5.54 Å². The Labute approximate surface area is 123 Å². The van der Waals surface area contributed by atoms with Crippen molar-refractivity contribution in [2.24, 2.45) is 0 Å². The quantitative estimate of drug-likeness (QED) is 0.869. The van der Waals surface area contributed by atoms with Gasteiger partial charge >= 0.3 is 0 Å². The van der Waals surface area contributed by atoms with Gasteiger partial charge in [0, 0.05) is 5.56 Å². The Morgan fingerprint density at radius 3 is 2.50 bits per heavy atom. The van der Waals surface area contributed by atoms with Crippen molar-refractivity contribution in [3.63, 3.8) is 0 Å². The highest BCUT2D eigenvalue weighted by molar-refractivity contribution is 6.33. The highest BCUT2D eigenvalue weighted by atomic mass is 35.5. The highest BCUT2D eigenvalue weighted by Gasteiger charge is 2.25. The van der Waals surface area contributed by atoms with Crippen LogP contribution < -0.4 is 5.73 Å². The molecular formula is C15H17ClN4. The molecule has 4 nitrogen and oxygen atoms in total. The summed E-state index contributed by atoms with van der Waals surface area (Å²) >= 11 is 6.27. The van der Waals surface area contributed by atoms with Crippen LogP contribution in [0.3, 0.4) is 0 Å². The second kappa shape index (κ2) is 4.84. The minimum Gasteiger partial charge on any atom is -0.383 e. The van der Waals surface area contributed by atoms with Gasteiger partial charge in [-0.25, -0.2) is 4.68 Å². The number of rotatable bonds is 1. The van der Waals surface area contributed by atoms with Crippen molar-refractivity contribution in [1.82, 2.24) is 9.78 Å². The first-order chi connectivity index (χ1) is 9.25. The zero-order valence-corrected chi connectivity index (χ0v) is 12.8. The maximum Gasteiger partial charge on any atom is 0.141 e. The number of nitrogens with zero attached hydrogens (tertiary/aromatic N) is 3. The monoisotopic (exact) mass is 288 g/mol. The molecule has 104 valence electrons. The van der Waals surface area contributed by atoms with E-state index < -0.39 is 0 Å². The molecule has 0 atom stereocenters. The normalized spacial score (nSPS) is 11.4. The number of nitriles is 1. The summed E-state index contributed by atoms with van der Waals surface area (Å²) in [6.45, 7) is 7.91. The van der Waals surface area contributed by atoms with Crippen LogP contribution in [0.4, 0.5) is 5.82 Å². The molecule has 0 saturated heterocycles. The molecule has 5 heteroatoms. The van der Waals surface area contributed by atoms with Crippen LogP contribution in [0, 0.1) is 18.3 Å². The van der Waals surface area contributed by atoms with Gasteiger partial charge in [0.1, 0.15) is 23.1 Å². The van der Waals surface area contributed by atoms with E-state index in [0.29, 0.717) is 22.1 Å². The first-order valence-electron chi connectivity index (χ1n) is 6.31. The molecule has 0 spiro atoms. The molecule has 0 saturated carbocycles. The molecule has 20 heavy (non-hydrogen) atoms. The summed E-state index contributed by atoms with van der Waals surface area (Å²) in [6.07, 6.45) is 0. The van der Waals surface area contributed by atoms with Gasteiger partial charge in [0.15, 0.2) is 0 Å². The summed E-state index contributed by atoms with van der Waals surface area (Å²) in [5, 5.41) is 14.4.